The molecule has 0 aliphatic carbocycles. The first-order valence-corrected chi connectivity index (χ1v) is 7.16. The van der Waals surface area contributed by atoms with Gasteiger partial charge in [0.05, 0.1) is 4.92 Å². The lowest BCUT2D eigenvalue weighted by Crippen LogP contribution is -2.38. The maximum absolute atomic E-state index is 11.2. The Morgan fingerprint density at radius 2 is 2.00 bits per heavy atom. The fourth-order valence-electron chi connectivity index (χ4n) is 3.18. The molecular formula is C15H21N3O3. The molecule has 1 aliphatic heterocycles. The van der Waals surface area contributed by atoms with Crippen LogP contribution in [0.4, 0.5) is 5.69 Å². The molecule has 21 heavy (non-hydrogen) atoms. The molecular weight excluding hydrogens is 270 g/mol. The second kappa shape index (κ2) is 6.22. The standard InChI is InChI=1S/C15H21N3O3/c1-10-5-11(2)8-17(7-10)9-13-4-3-12(15(16)19)6-14(13)18(20)21/h3-4,6,10-11H,5,7-9H2,1-2H3,(H2,16,19)/t10-,11-/m1/s1. The van der Waals surface area contributed by atoms with E-state index in [4.69, 9.17) is 5.73 Å². The molecule has 1 fully saturated rings. The number of nitro groups is 1. The minimum Gasteiger partial charge on any atom is -0.366 e. The van der Waals surface area contributed by atoms with Crippen LogP contribution in [0.2, 0.25) is 0 Å². The van der Waals surface area contributed by atoms with E-state index in [-0.39, 0.29) is 11.3 Å². The molecule has 2 atom stereocenters. The van der Waals surface area contributed by atoms with Gasteiger partial charge in [-0.2, -0.15) is 0 Å². The number of amides is 1. The van der Waals surface area contributed by atoms with Gasteiger partial charge in [-0.1, -0.05) is 19.9 Å². The van der Waals surface area contributed by atoms with Gasteiger partial charge in [0.15, 0.2) is 0 Å². The lowest BCUT2D eigenvalue weighted by molar-refractivity contribution is -0.385. The molecule has 6 heteroatoms. The number of piperidine rings is 1. The molecule has 2 N–H and O–H groups in total. The van der Waals surface area contributed by atoms with E-state index in [0.29, 0.717) is 23.9 Å². The topological polar surface area (TPSA) is 89.5 Å². The van der Waals surface area contributed by atoms with E-state index >= 15 is 0 Å². The minimum atomic E-state index is -0.648. The van der Waals surface area contributed by atoms with E-state index in [1.807, 2.05) is 0 Å². The summed E-state index contributed by atoms with van der Waals surface area (Å²) in [5.74, 6) is 0.542. The van der Waals surface area contributed by atoms with E-state index in [1.54, 1.807) is 12.1 Å². The zero-order valence-electron chi connectivity index (χ0n) is 12.4. The lowest BCUT2D eigenvalue weighted by atomic mass is 9.91. The van der Waals surface area contributed by atoms with Crippen molar-refractivity contribution in [3.8, 4) is 0 Å². The summed E-state index contributed by atoms with van der Waals surface area (Å²) in [6.07, 6.45) is 1.19. The molecule has 1 aromatic carbocycles. The van der Waals surface area contributed by atoms with Gasteiger partial charge in [-0.3, -0.25) is 19.8 Å². The first-order valence-electron chi connectivity index (χ1n) is 7.16. The van der Waals surface area contributed by atoms with E-state index in [1.165, 1.54) is 12.5 Å². The molecule has 114 valence electrons. The molecule has 0 saturated carbocycles. The minimum absolute atomic E-state index is 0.0304. The summed E-state index contributed by atoms with van der Waals surface area (Å²) in [7, 11) is 0. The van der Waals surface area contributed by atoms with Gasteiger partial charge in [0, 0.05) is 36.8 Å². The third kappa shape index (κ3) is 3.78. The number of carbonyl (C=O) groups is 1. The first-order chi connectivity index (χ1) is 9.86. The fourth-order valence-corrected chi connectivity index (χ4v) is 3.18. The summed E-state index contributed by atoms with van der Waals surface area (Å²) < 4.78 is 0. The van der Waals surface area contributed by atoms with E-state index in [9.17, 15) is 14.9 Å². The van der Waals surface area contributed by atoms with Crippen molar-refractivity contribution in [3.05, 3.63) is 39.4 Å². The van der Waals surface area contributed by atoms with Crippen LogP contribution < -0.4 is 5.73 Å². The monoisotopic (exact) mass is 291 g/mol. The summed E-state index contributed by atoms with van der Waals surface area (Å²) in [6, 6.07) is 4.47. The highest BCUT2D eigenvalue weighted by Crippen LogP contribution is 2.26. The van der Waals surface area contributed by atoms with Gasteiger partial charge in [-0.05, 0) is 24.3 Å². The van der Waals surface area contributed by atoms with Crippen molar-refractivity contribution in [3.63, 3.8) is 0 Å². The molecule has 1 saturated heterocycles. The molecule has 6 nitrogen and oxygen atoms in total. The molecule has 0 aromatic heterocycles. The Labute approximate surface area is 124 Å². The number of benzene rings is 1. The average Bonchev–Trinajstić information content (AvgIpc) is 2.37. The van der Waals surface area contributed by atoms with Crippen molar-refractivity contribution in [2.75, 3.05) is 13.1 Å². The molecule has 1 aromatic rings. The predicted octanol–water partition coefficient (Wildman–Crippen LogP) is 2.17. The molecule has 1 amide bonds. The van der Waals surface area contributed by atoms with Gasteiger partial charge < -0.3 is 5.73 Å². The Hall–Kier alpha value is -1.95. The number of nitrogens with zero attached hydrogens (tertiary/aromatic N) is 2. The number of carbonyl (C=O) groups excluding carboxylic acids is 1. The average molecular weight is 291 g/mol. The fraction of sp³-hybridized carbons (Fsp3) is 0.533. The van der Waals surface area contributed by atoms with Crippen molar-refractivity contribution in [1.82, 2.24) is 4.90 Å². The maximum atomic E-state index is 11.2. The Morgan fingerprint density at radius 3 is 2.52 bits per heavy atom. The molecule has 0 unspecified atom stereocenters. The van der Waals surface area contributed by atoms with Crippen LogP contribution in [0.3, 0.4) is 0 Å². The van der Waals surface area contributed by atoms with Crippen LogP contribution in [0.5, 0.6) is 0 Å². The highest BCUT2D eigenvalue weighted by molar-refractivity contribution is 5.93. The third-order valence-electron chi connectivity index (χ3n) is 3.90. The largest absolute Gasteiger partial charge is 0.366 e. The molecule has 0 radical (unpaired) electrons. The number of primary amides is 1. The highest BCUT2D eigenvalue weighted by atomic mass is 16.6. The summed E-state index contributed by atoms with van der Waals surface area (Å²) in [5, 5.41) is 11.2. The van der Waals surface area contributed by atoms with E-state index < -0.39 is 10.8 Å². The Bertz CT molecular complexity index is 549. The van der Waals surface area contributed by atoms with Gasteiger partial charge in [-0.25, -0.2) is 0 Å². The molecule has 1 aliphatic rings. The zero-order valence-corrected chi connectivity index (χ0v) is 12.4. The SMILES string of the molecule is C[C@@H]1C[C@@H](C)CN(Cc2ccc(C(N)=O)cc2[N+](=O)[O-])C1. The van der Waals surface area contributed by atoms with Crippen molar-refractivity contribution >= 4 is 11.6 Å². The Kier molecular flexibility index (Phi) is 4.57. The predicted molar refractivity (Wildman–Crippen MR) is 79.8 cm³/mol. The van der Waals surface area contributed by atoms with Crippen LogP contribution in [0.1, 0.15) is 36.2 Å². The van der Waals surface area contributed by atoms with Crippen LogP contribution >= 0.6 is 0 Å². The van der Waals surface area contributed by atoms with Crippen LogP contribution in [0.15, 0.2) is 18.2 Å². The van der Waals surface area contributed by atoms with Crippen molar-refractivity contribution in [2.45, 2.75) is 26.8 Å². The van der Waals surface area contributed by atoms with Crippen molar-refractivity contribution in [2.24, 2.45) is 17.6 Å². The van der Waals surface area contributed by atoms with Crippen LogP contribution in [-0.4, -0.2) is 28.8 Å². The van der Waals surface area contributed by atoms with E-state index in [2.05, 4.69) is 18.7 Å². The number of hydrogen-bond acceptors (Lipinski definition) is 4. The van der Waals surface area contributed by atoms with Gasteiger partial charge in [0.2, 0.25) is 5.91 Å². The quantitative estimate of drug-likeness (QED) is 0.680. The number of nitro benzene ring substituents is 1. The first kappa shape index (κ1) is 15.4. The van der Waals surface area contributed by atoms with Gasteiger partial charge in [0.1, 0.15) is 0 Å². The Morgan fingerprint density at radius 1 is 1.38 bits per heavy atom. The lowest BCUT2D eigenvalue weighted by Gasteiger charge is -2.34. The maximum Gasteiger partial charge on any atom is 0.274 e. The number of rotatable bonds is 4. The normalized spacial score (nSPS) is 23.0. The van der Waals surface area contributed by atoms with Crippen LogP contribution in [0.25, 0.3) is 0 Å². The number of likely N-dealkylation sites (tertiary alicyclic amines) is 1. The van der Waals surface area contributed by atoms with E-state index in [0.717, 1.165) is 13.1 Å². The second-order valence-corrected chi connectivity index (χ2v) is 6.10. The van der Waals surface area contributed by atoms with Crippen LogP contribution in [0, 0.1) is 22.0 Å². The van der Waals surface area contributed by atoms with Crippen molar-refractivity contribution < 1.29 is 9.72 Å². The molecule has 0 spiro atoms. The summed E-state index contributed by atoms with van der Waals surface area (Å²) in [4.78, 5) is 24.1. The number of nitrogens with two attached hydrogens (primary N) is 1. The Balaban J connectivity index is 2.23. The third-order valence-corrected chi connectivity index (χ3v) is 3.90. The molecule has 1 heterocycles. The second-order valence-electron chi connectivity index (χ2n) is 6.10. The highest BCUT2D eigenvalue weighted by Gasteiger charge is 2.24. The zero-order chi connectivity index (χ0) is 15.6. The summed E-state index contributed by atoms with van der Waals surface area (Å²) in [5.41, 5.74) is 5.95. The summed E-state index contributed by atoms with van der Waals surface area (Å²) in [6.45, 7) is 6.82. The number of hydrogen-bond donors (Lipinski definition) is 1. The van der Waals surface area contributed by atoms with Gasteiger partial charge >= 0.3 is 0 Å². The van der Waals surface area contributed by atoms with Crippen molar-refractivity contribution in [1.29, 1.82) is 0 Å². The molecule has 2 rings (SSSR count). The van der Waals surface area contributed by atoms with Gasteiger partial charge in [0.25, 0.3) is 5.69 Å². The summed E-state index contributed by atoms with van der Waals surface area (Å²) >= 11 is 0. The van der Waals surface area contributed by atoms with Gasteiger partial charge in [-0.15, -0.1) is 0 Å². The smallest absolute Gasteiger partial charge is 0.274 e. The molecule has 0 bridgehead atoms. The van der Waals surface area contributed by atoms with Crippen LogP contribution in [-0.2, 0) is 6.54 Å².